The van der Waals surface area contributed by atoms with Gasteiger partial charge in [-0.25, -0.2) is 0 Å². The van der Waals surface area contributed by atoms with Gasteiger partial charge < -0.3 is 10.1 Å². The van der Waals surface area contributed by atoms with Crippen molar-refractivity contribution in [2.75, 3.05) is 11.9 Å². The van der Waals surface area contributed by atoms with Crippen LogP contribution in [0.4, 0.5) is 5.69 Å². The van der Waals surface area contributed by atoms with E-state index in [-0.39, 0.29) is 18.5 Å². The van der Waals surface area contributed by atoms with Gasteiger partial charge in [0.15, 0.2) is 6.61 Å². The van der Waals surface area contributed by atoms with Gasteiger partial charge >= 0.3 is 5.97 Å². The van der Waals surface area contributed by atoms with Gasteiger partial charge in [-0.1, -0.05) is 18.0 Å². The SMILES string of the molecule is O=C(COC(=O)C[C@@H]1C[C@H]2CC[C@@H]1C2)Nc1ccc(Cl)cc1. The van der Waals surface area contributed by atoms with Crippen LogP contribution in [0.2, 0.25) is 5.02 Å². The molecule has 1 aromatic carbocycles. The summed E-state index contributed by atoms with van der Waals surface area (Å²) in [5.74, 6) is 1.38. The van der Waals surface area contributed by atoms with Crippen molar-refractivity contribution in [2.24, 2.45) is 17.8 Å². The lowest BCUT2D eigenvalue weighted by atomic mass is 9.86. The number of ether oxygens (including phenoxy) is 1. The van der Waals surface area contributed by atoms with E-state index in [9.17, 15) is 9.59 Å². The lowest BCUT2D eigenvalue weighted by Crippen LogP contribution is -2.23. The highest BCUT2D eigenvalue weighted by molar-refractivity contribution is 6.30. The Balaban J connectivity index is 1.39. The second kappa shape index (κ2) is 6.69. The molecule has 118 valence electrons. The number of benzene rings is 1. The van der Waals surface area contributed by atoms with E-state index in [0.29, 0.717) is 29.0 Å². The lowest BCUT2D eigenvalue weighted by Gasteiger charge is -2.20. The van der Waals surface area contributed by atoms with E-state index in [1.54, 1.807) is 24.3 Å². The fourth-order valence-corrected chi connectivity index (χ4v) is 3.90. The molecule has 0 radical (unpaired) electrons. The number of carbonyl (C=O) groups is 2. The van der Waals surface area contributed by atoms with E-state index in [1.807, 2.05) is 0 Å². The molecule has 3 rings (SSSR count). The first kappa shape index (κ1) is 15.3. The van der Waals surface area contributed by atoms with Crippen LogP contribution in [0.3, 0.4) is 0 Å². The number of amides is 1. The minimum atomic E-state index is -0.330. The lowest BCUT2D eigenvalue weighted by molar-refractivity contribution is -0.148. The van der Waals surface area contributed by atoms with Crippen LogP contribution in [-0.4, -0.2) is 18.5 Å². The van der Waals surface area contributed by atoms with Crippen molar-refractivity contribution in [1.29, 1.82) is 0 Å². The molecule has 4 nitrogen and oxygen atoms in total. The fourth-order valence-electron chi connectivity index (χ4n) is 3.78. The number of esters is 1. The number of hydrogen-bond donors (Lipinski definition) is 1. The summed E-state index contributed by atoms with van der Waals surface area (Å²) in [7, 11) is 0. The summed E-state index contributed by atoms with van der Waals surface area (Å²) in [6, 6.07) is 6.80. The monoisotopic (exact) mass is 321 g/mol. The number of hydrogen-bond acceptors (Lipinski definition) is 3. The maximum atomic E-state index is 11.9. The molecule has 2 aliphatic rings. The zero-order chi connectivity index (χ0) is 15.5. The molecule has 1 N–H and O–H groups in total. The summed E-state index contributed by atoms with van der Waals surface area (Å²) < 4.78 is 5.09. The van der Waals surface area contributed by atoms with Gasteiger partial charge in [-0.3, -0.25) is 9.59 Å². The number of carbonyl (C=O) groups excluding carboxylic acids is 2. The zero-order valence-corrected chi connectivity index (χ0v) is 13.1. The van der Waals surface area contributed by atoms with Gasteiger partial charge in [-0.05, 0) is 61.3 Å². The summed E-state index contributed by atoms with van der Waals surface area (Å²) in [4.78, 5) is 23.6. The van der Waals surface area contributed by atoms with E-state index in [0.717, 1.165) is 12.3 Å². The first-order valence-corrected chi connectivity index (χ1v) is 8.19. The predicted molar refractivity (Wildman–Crippen MR) is 84.6 cm³/mol. The van der Waals surface area contributed by atoms with Gasteiger partial charge in [-0.15, -0.1) is 0 Å². The second-order valence-electron chi connectivity index (χ2n) is 6.35. The highest BCUT2D eigenvalue weighted by atomic mass is 35.5. The van der Waals surface area contributed by atoms with E-state index >= 15 is 0 Å². The third-order valence-electron chi connectivity index (χ3n) is 4.81. The molecule has 3 atom stereocenters. The first-order valence-electron chi connectivity index (χ1n) is 7.81. The highest BCUT2D eigenvalue weighted by Gasteiger charge is 2.40. The number of nitrogens with one attached hydrogen (secondary N) is 1. The third-order valence-corrected chi connectivity index (χ3v) is 5.06. The van der Waals surface area contributed by atoms with Crippen molar-refractivity contribution in [2.45, 2.75) is 32.1 Å². The van der Waals surface area contributed by atoms with Crippen LogP contribution in [0.5, 0.6) is 0 Å². The Labute approximate surface area is 135 Å². The van der Waals surface area contributed by atoms with E-state index in [1.165, 1.54) is 19.3 Å². The van der Waals surface area contributed by atoms with Crippen molar-refractivity contribution < 1.29 is 14.3 Å². The van der Waals surface area contributed by atoms with Crippen molar-refractivity contribution in [3.8, 4) is 0 Å². The number of fused-ring (bicyclic) bond motifs is 2. The minimum absolute atomic E-state index is 0.234. The van der Waals surface area contributed by atoms with Crippen LogP contribution in [0.25, 0.3) is 0 Å². The molecule has 0 unspecified atom stereocenters. The van der Waals surface area contributed by atoms with Crippen molar-refractivity contribution in [3.63, 3.8) is 0 Å². The molecule has 2 saturated carbocycles. The zero-order valence-electron chi connectivity index (χ0n) is 12.4. The molecule has 1 aromatic rings. The summed E-state index contributed by atoms with van der Waals surface area (Å²) in [6.45, 7) is -0.234. The molecular formula is C17H20ClNO3. The first-order chi connectivity index (χ1) is 10.6. The van der Waals surface area contributed by atoms with Crippen molar-refractivity contribution >= 4 is 29.2 Å². The topological polar surface area (TPSA) is 55.4 Å². The maximum Gasteiger partial charge on any atom is 0.306 e. The van der Waals surface area contributed by atoms with Crippen molar-refractivity contribution in [3.05, 3.63) is 29.3 Å². The van der Waals surface area contributed by atoms with Crippen LogP contribution in [0.1, 0.15) is 32.1 Å². The van der Waals surface area contributed by atoms with Gasteiger partial charge in [0.05, 0.1) is 0 Å². The van der Waals surface area contributed by atoms with Crippen molar-refractivity contribution in [1.82, 2.24) is 0 Å². The summed E-state index contributed by atoms with van der Waals surface area (Å²) >= 11 is 5.78. The Morgan fingerprint density at radius 3 is 2.59 bits per heavy atom. The molecule has 0 aromatic heterocycles. The Bertz CT molecular complexity index is 558. The van der Waals surface area contributed by atoms with E-state index in [4.69, 9.17) is 16.3 Å². The van der Waals surface area contributed by atoms with Gasteiger partial charge in [0.1, 0.15) is 0 Å². The molecule has 2 fully saturated rings. The molecule has 22 heavy (non-hydrogen) atoms. The maximum absolute atomic E-state index is 11.9. The molecule has 0 heterocycles. The summed E-state index contributed by atoms with van der Waals surface area (Å²) in [6.07, 6.45) is 5.44. The van der Waals surface area contributed by atoms with Gasteiger partial charge in [-0.2, -0.15) is 0 Å². The van der Waals surface area contributed by atoms with Crippen LogP contribution < -0.4 is 5.32 Å². The minimum Gasteiger partial charge on any atom is -0.456 e. The molecule has 0 aliphatic heterocycles. The normalized spacial score (nSPS) is 26.0. The van der Waals surface area contributed by atoms with E-state index < -0.39 is 0 Å². The standard InChI is InChI=1S/C17H20ClNO3/c18-14-3-5-15(6-4-14)19-16(20)10-22-17(21)9-13-8-11-1-2-12(13)7-11/h3-6,11-13H,1-2,7-10H2,(H,19,20)/t11-,12+,13-/m0/s1. The molecule has 2 bridgehead atoms. The van der Waals surface area contributed by atoms with Crippen LogP contribution in [-0.2, 0) is 14.3 Å². The number of rotatable bonds is 5. The van der Waals surface area contributed by atoms with Crippen LogP contribution in [0, 0.1) is 17.8 Å². The van der Waals surface area contributed by atoms with Crippen LogP contribution >= 0.6 is 11.6 Å². The Morgan fingerprint density at radius 2 is 1.95 bits per heavy atom. The largest absolute Gasteiger partial charge is 0.456 e. The smallest absolute Gasteiger partial charge is 0.306 e. The average molecular weight is 322 g/mol. The fraction of sp³-hybridized carbons (Fsp3) is 0.529. The van der Waals surface area contributed by atoms with Gasteiger partial charge in [0.2, 0.25) is 0 Å². The molecule has 0 saturated heterocycles. The second-order valence-corrected chi connectivity index (χ2v) is 6.79. The Kier molecular flexibility index (Phi) is 4.67. The molecular weight excluding hydrogens is 302 g/mol. The predicted octanol–water partition coefficient (Wildman–Crippen LogP) is 3.65. The molecule has 5 heteroatoms. The molecule has 2 aliphatic carbocycles. The Hall–Kier alpha value is -1.55. The van der Waals surface area contributed by atoms with E-state index in [2.05, 4.69) is 5.32 Å². The summed E-state index contributed by atoms with van der Waals surface area (Å²) in [5.41, 5.74) is 0.638. The average Bonchev–Trinajstić information content (AvgIpc) is 3.10. The molecule has 0 spiro atoms. The van der Waals surface area contributed by atoms with Gasteiger partial charge in [0, 0.05) is 17.1 Å². The quantitative estimate of drug-likeness (QED) is 0.842. The third kappa shape index (κ3) is 3.80. The van der Waals surface area contributed by atoms with Crippen LogP contribution in [0.15, 0.2) is 24.3 Å². The summed E-state index contributed by atoms with van der Waals surface area (Å²) in [5, 5.41) is 3.28. The van der Waals surface area contributed by atoms with Gasteiger partial charge in [0.25, 0.3) is 5.91 Å². The number of anilines is 1. The molecule has 1 amide bonds. The number of halogens is 1. The highest BCUT2D eigenvalue weighted by Crippen LogP contribution is 2.49. The Morgan fingerprint density at radius 1 is 1.18 bits per heavy atom.